The smallest absolute Gasteiger partial charge is 0.325 e. The molecule has 1 fully saturated rings. The predicted molar refractivity (Wildman–Crippen MR) is 185 cm³/mol. The summed E-state index contributed by atoms with van der Waals surface area (Å²) in [6.45, 7) is 3.46. The topological polar surface area (TPSA) is 116 Å². The van der Waals surface area contributed by atoms with E-state index in [9.17, 15) is 9.59 Å². The van der Waals surface area contributed by atoms with Crippen LogP contribution in [0.25, 0.3) is 11.3 Å². The van der Waals surface area contributed by atoms with Crippen LogP contribution < -0.4 is 15.5 Å². The van der Waals surface area contributed by atoms with Gasteiger partial charge >= 0.3 is 5.97 Å². The third kappa shape index (κ3) is 9.71. The lowest BCUT2D eigenvalue weighted by atomic mass is 10.2. The van der Waals surface area contributed by atoms with Gasteiger partial charge < -0.3 is 25.2 Å². The van der Waals surface area contributed by atoms with Crippen molar-refractivity contribution in [3.8, 4) is 11.3 Å². The number of benzene rings is 2. The normalized spacial score (nSPS) is 14.7. The first kappa shape index (κ1) is 33.8. The Bertz CT molecular complexity index is 1610. The quantitative estimate of drug-likeness (QED) is 0.150. The number of carbonyl (C=O) groups is 2. The molecule has 0 saturated carbocycles. The molecule has 1 atom stereocenters. The molecule has 246 valence electrons. The second-order valence-corrected chi connectivity index (χ2v) is 11.8. The molecule has 5 rings (SSSR count). The Morgan fingerprint density at radius 3 is 2.64 bits per heavy atom. The maximum atomic E-state index is 13.1. The molecule has 4 aromatic rings. The van der Waals surface area contributed by atoms with E-state index in [4.69, 9.17) is 16.3 Å². The van der Waals surface area contributed by atoms with Crippen LogP contribution in [0.4, 0.5) is 17.5 Å². The number of nitrogens with one attached hydrogen (secondary N) is 2. The average molecular weight is 657 g/mol. The number of hydrogen-bond acceptors (Lipinski definition) is 10. The van der Waals surface area contributed by atoms with Gasteiger partial charge in [-0.1, -0.05) is 42.5 Å². The lowest BCUT2D eigenvalue weighted by Crippen LogP contribution is -2.57. The van der Waals surface area contributed by atoms with Crippen LogP contribution >= 0.6 is 11.6 Å². The molecule has 12 heteroatoms. The Balaban J connectivity index is 1.07. The fraction of sp³-hybridized carbons (Fsp3) is 0.343. The summed E-state index contributed by atoms with van der Waals surface area (Å²) < 4.78 is 5.57. The molecule has 3 heterocycles. The molecular formula is C35H41ClN8O3. The van der Waals surface area contributed by atoms with E-state index in [1.807, 2.05) is 84.7 Å². The number of rotatable bonds is 14. The van der Waals surface area contributed by atoms with Crippen molar-refractivity contribution in [1.29, 1.82) is 0 Å². The lowest BCUT2D eigenvalue weighted by Gasteiger charge is -2.35. The van der Waals surface area contributed by atoms with Gasteiger partial charge in [0.2, 0.25) is 11.9 Å². The molecule has 1 saturated heterocycles. The van der Waals surface area contributed by atoms with Crippen LogP contribution in [0.3, 0.4) is 0 Å². The number of amides is 1. The summed E-state index contributed by atoms with van der Waals surface area (Å²) >= 11 is 5.96. The summed E-state index contributed by atoms with van der Waals surface area (Å²) in [6.07, 6.45) is 4.28. The molecular weight excluding hydrogens is 616 g/mol. The van der Waals surface area contributed by atoms with Crippen LogP contribution in [0.15, 0.2) is 85.2 Å². The van der Waals surface area contributed by atoms with E-state index >= 15 is 0 Å². The monoisotopic (exact) mass is 656 g/mol. The van der Waals surface area contributed by atoms with Crippen LogP contribution in [0.1, 0.15) is 17.5 Å². The van der Waals surface area contributed by atoms with Crippen molar-refractivity contribution in [3.63, 3.8) is 0 Å². The van der Waals surface area contributed by atoms with Crippen LogP contribution in [-0.4, -0.2) is 96.0 Å². The number of pyridine rings is 1. The molecule has 0 bridgehead atoms. The second-order valence-electron chi connectivity index (χ2n) is 11.5. The zero-order valence-electron chi connectivity index (χ0n) is 26.8. The maximum Gasteiger partial charge on any atom is 0.325 e. The van der Waals surface area contributed by atoms with Gasteiger partial charge in [0.1, 0.15) is 18.5 Å². The van der Waals surface area contributed by atoms with Gasteiger partial charge in [0.05, 0.1) is 12.2 Å². The van der Waals surface area contributed by atoms with E-state index in [1.54, 1.807) is 24.3 Å². The third-order valence-electron chi connectivity index (χ3n) is 8.03. The number of carbonyl (C=O) groups excluding carboxylic acids is 2. The van der Waals surface area contributed by atoms with Gasteiger partial charge in [-0.25, -0.2) is 15.0 Å². The van der Waals surface area contributed by atoms with Crippen molar-refractivity contribution in [1.82, 2.24) is 30.1 Å². The number of anilines is 3. The molecule has 1 amide bonds. The molecule has 1 aliphatic heterocycles. The van der Waals surface area contributed by atoms with E-state index < -0.39 is 6.04 Å². The minimum Gasteiger partial charge on any atom is -0.460 e. The first-order valence-electron chi connectivity index (χ1n) is 15.7. The third-order valence-corrected chi connectivity index (χ3v) is 8.34. The largest absolute Gasteiger partial charge is 0.460 e. The van der Waals surface area contributed by atoms with E-state index in [0.29, 0.717) is 31.5 Å². The number of aromatic nitrogens is 3. The molecule has 2 aromatic heterocycles. The highest BCUT2D eigenvalue weighted by Crippen LogP contribution is 2.22. The fourth-order valence-corrected chi connectivity index (χ4v) is 5.44. The van der Waals surface area contributed by atoms with Crippen LogP contribution in [-0.2, 0) is 26.8 Å². The summed E-state index contributed by atoms with van der Waals surface area (Å²) in [5.41, 5.74) is 4.45. The van der Waals surface area contributed by atoms with Gasteiger partial charge in [-0.3, -0.25) is 14.5 Å². The zero-order valence-corrected chi connectivity index (χ0v) is 27.6. The Morgan fingerprint density at radius 2 is 1.85 bits per heavy atom. The van der Waals surface area contributed by atoms with Gasteiger partial charge in [-0.05, 0) is 47.9 Å². The standard InChI is InChI=1S/C35H41ClN8O3/c1-42(32-13-12-28(22-39-32)30-14-15-38-35(41-30)40-29-11-6-10-27(20-29)21-36)17-7-18-43(2)33(45)24-44-19-16-37-23-31(44)34(46)47-25-26-8-4-3-5-9-26/h3-6,8-15,20,22,31,37H,7,16-19,21,23-25H2,1-2H3,(H,38,40,41). The highest BCUT2D eigenvalue weighted by Gasteiger charge is 2.31. The number of piperazine rings is 1. The number of alkyl halides is 1. The molecule has 0 radical (unpaired) electrons. The van der Waals surface area contributed by atoms with Crippen molar-refractivity contribution < 1.29 is 14.3 Å². The maximum absolute atomic E-state index is 13.1. The highest BCUT2D eigenvalue weighted by atomic mass is 35.5. The number of halogens is 1. The SMILES string of the molecule is CN(CCCN(C)c1ccc(-c2ccnc(Nc3cccc(CCl)c3)n2)cn1)C(=O)CN1CCNCC1C(=O)OCc1ccccc1. The van der Waals surface area contributed by atoms with Crippen molar-refractivity contribution in [2.45, 2.75) is 24.9 Å². The molecule has 0 aliphatic carbocycles. The summed E-state index contributed by atoms with van der Waals surface area (Å²) in [7, 11) is 3.79. The van der Waals surface area contributed by atoms with E-state index in [2.05, 4.69) is 30.5 Å². The molecule has 1 aliphatic rings. The van der Waals surface area contributed by atoms with Crippen molar-refractivity contribution in [3.05, 3.63) is 96.3 Å². The van der Waals surface area contributed by atoms with Crippen LogP contribution in [0.2, 0.25) is 0 Å². The molecule has 11 nitrogen and oxygen atoms in total. The predicted octanol–water partition coefficient (Wildman–Crippen LogP) is 4.32. The Labute approximate surface area is 280 Å². The van der Waals surface area contributed by atoms with Gasteiger partial charge in [-0.2, -0.15) is 0 Å². The van der Waals surface area contributed by atoms with Crippen molar-refractivity contribution >= 4 is 40.9 Å². The van der Waals surface area contributed by atoms with Gasteiger partial charge in [-0.15, -0.1) is 11.6 Å². The summed E-state index contributed by atoms with van der Waals surface area (Å²) in [6, 6.07) is 22.7. The number of ether oxygens (including phenoxy) is 1. The molecule has 2 aromatic carbocycles. The summed E-state index contributed by atoms with van der Waals surface area (Å²) in [5.74, 6) is 1.41. The van der Waals surface area contributed by atoms with Crippen molar-refractivity contribution in [2.75, 3.05) is 63.6 Å². The number of likely N-dealkylation sites (N-methyl/N-ethyl adjacent to an activating group) is 1. The fourth-order valence-electron chi connectivity index (χ4n) is 5.28. The van der Waals surface area contributed by atoms with Gasteiger partial charge in [0.15, 0.2) is 0 Å². The summed E-state index contributed by atoms with van der Waals surface area (Å²) in [5, 5.41) is 6.48. The number of hydrogen-bond donors (Lipinski definition) is 2. The summed E-state index contributed by atoms with van der Waals surface area (Å²) in [4.78, 5) is 45.3. The Kier molecular flexibility index (Phi) is 12.1. The number of nitrogens with zero attached hydrogens (tertiary/aromatic N) is 6. The molecule has 47 heavy (non-hydrogen) atoms. The minimum absolute atomic E-state index is 0.0247. The van der Waals surface area contributed by atoms with Crippen LogP contribution in [0, 0.1) is 0 Å². The zero-order chi connectivity index (χ0) is 33.0. The van der Waals surface area contributed by atoms with E-state index in [-0.39, 0.29) is 25.0 Å². The Hall–Kier alpha value is -4.58. The van der Waals surface area contributed by atoms with Gasteiger partial charge in [0.25, 0.3) is 0 Å². The lowest BCUT2D eigenvalue weighted by molar-refractivity contribution is -0.153. The Morgan fingerprint density at radius 1 is 1.02 bits per heavy atom. The first-order chi connectivity index (χ1) is 22.9. The first-order valence-corrected chi connectivity index (χ1v) is 16.2. The van der Waals surface area contributed by atoms with E-state index in [1.165, 1.54) is 0 Å². The molecule has 2 N–H and O–H groups in total. The second kappa shape index (κ2) is 16.8. The average Bonchev–Trinajstić information content (AvgIpc) is 3.11. The highest BCUT2D eigenvalue weighted by molar-refractivity contribution is 6.17. The number of esters is 1. The molecule has 0 spiro atoms. The van der Waals surface area contributed by atoms with Crippen LogP contribution in [0.5, 0.6) is 0 Å². The van der Waals surface area contributed by atoms with E-state index in [0.717, 1.165) is 53.4 Å². The minimum atomic E-state index is -0.497. The molecule has 1 unspecified atom stereocenters. The van der Waals surface area contributed by atoms with Gasteiger partial charge in [0, 0.05) is 76.3 Å². The van der Waals surface area contributed by atoms with Crippen molar-refractivity contribution in [2.24, 2.45) is 0 Å².